The molecule has 0 aliphatic heterocycles. The molecule has 1 aliphatic carbocycles. The van der Waals surface area contributed by atoms with Gasteiger partial charge in [0.25, 0.3) is 0 Å². The van der Waals surface area contributed by atoms with Crippen LogP contribution < -0.4 is 5.32 Å². The second-order valence-corrected chi connectivity index (χ2v) is 4.81. The van der Waals surface area contributed by atoms with Crippen molar-refractivity contribution in [2.45, 2.75) is 38.8 Å². The lowest BCUT2D eigenvalue weighted by atomic mass is 10.1. The molecule has 3 heteroatoms. The van der Waals surface area contributed by atoms with Gasteiger partial charge in [-0.3, -0.25) is 4.79 Å². The molecule has 0 heterocycles. The van der Waals surface area contributed by atoms with Crippen molar-refractivity contribution in [2.75, 3.05) is 0 Å². The Morgan fingerprint density at radius 1 is 1.35 bits per heavy atom. The van der Waals surface area contributed by atoms with Crippen LogP contribution in [-0.2, 0) is 11.3 Å². The summed E-state index contributed by atoms with van der Waals surface area (Å²) in [4.78, 5) is 11.8. The summed E-state index contributed by atoms with van der Waals surface area (Å²) in [6.07, 6.45) is 2.06. The zero-order valence-electron chi connectivity index (χ0n) is 10.1. The number of aliphatic hydroxyl groups is 1. The molecule has 1 saturated carbocycles. The molecule has 3 nitrogen and oxygen atoms in total. The smallest absolute Gasteiger partial charge is 0.225 e. The summed E-state index contributed by atoms with van der Waals surface area (Å²) >= 11 is 0. The van der Waals surface area contributed by atoms with Gasteiger partial charge in [-0.15, -0.1) is 0 Å². The summed E-state index contributed by atoms with van der Waals surface area (Å²) in [6, 6.07) is 8.10. The van der Waals surface area contributed by atoms with Crippen LogP contribution in [0.5, 0.6) is 0 Å². The van der Waals surface area contributed by atoms with Gasteiger partial charge in [0.15, 0.2) is 0 Å². The Labute approximate surface area is 102 Å². The monoisotopic (exact) mass is 233 g/mol. The SMILES string of the molecule is Cc1ccc(CNC(=O)C2CCCC2O)cc1. The van der Waals surface area contributed by atoms with Crippen molar-refractivity contribution >= 4 is 5.91 Å². The number of nitrogens with one attached hydrogen (secondary N) is 1. The first kappa shape index (κ1) is 12.1. The van der Waals surface area contributed by atoms with Crippen LogP contribution in [-0.4, -0.2) is 17.1 Å². The molecular weight excluding hydrogens is 214 g/mol. The summed E-state index contributed by atoms with van der Waals surface area (Å²) in [5, 5.41) is 12.5. The number of aryl methyl sites for hydroxylation is 1. The van der Waals surface area contributed by atoms with Gasteiger partial charge in [0.05, 0.1) is 12.0 Å². The van der Waals surface area contributed by atoms with Crippen molar-refractivity contribution < 1.29 is 9.90 Å². The second-order valence-electron chi connectivity index (χ2n) is 4.81. The van der Waals surface area contributed by atoms with E-state index in [1.54, 1.807) is 0 Å². The minimum Gasteiger partial charge on any atom is -0.392 e. The molecule has 2 unspecified atom stereocenters. The van der Waals surface area contributed by atoms with E-state index in [-0.39, 0.29) is 11.8 Å². The van der Waals surface area contributed by atoms with E-state index in [9.17, 15) is 9.90 Å². The third kappa shape index (κ3) is 3.07. The van der Waals surface area contributed by atoms with E-state index < -0.39 is 6.10 Å². The highest BCUT2D eigenvalue weighted by molar-refractivity contribution is 5.79. The van der Waals surface area contributed by atoms with E-state index in [0.29, 0.717) is 6.54 Å². The summed E-state index contributed by atoms with van der Waals surface area (Å²) in [5.74, 6) is -0.226. The fourth-order valence-corrected chi connectivity index (χ4v) is 2.27. The quantitative estimate of drug-likeness (QED) is 0.836. The average Bonchev–Trinajstić information content (AvgIpc) is 2.74. The van der Waals surface area contributed by atoms with Gasteiger partial charge < -0.3 is 10.4 Å². The summed E-state index contributed by atoms with van der Waals surface area (Å²) < 4.78 is 0. The van der Waals surface area contributed by atoms with Crippen LogP contribution in [0.3, 0.4) is 0 Å². The normalized spacial score (nSPS) is 23.6. The second kappa shape index (κ2) is 5.32. The molecule has 1 amide bonds. The average molecular weight is 233 g/mol. The third-order valence-electron chi connectivity index (χ3n) is 3.40. The van der Waals surface area contributed by atoms with Crippen molar-refractivity contribution in [2.24, 2.45) is 5.92 Å². The molecule has 0 aromatic heterocycles. The highest BCUT2D eigenvalue weighted by Crippen LogP contribution is 2.25. The topological polar surface area (TPSA) is 49.3 Å². The van der Waals surface area contributed by atoms with Crippen LogP contribution in [0.2, 0.25) is 0 Å². The molecule has 2 rings (SSSR count). The fourth-order valence-electron chi connectivity index (χ4n) is 2.27. The van der Waals surface area contributed by atoms with Crippen LogP contribution >= 0.6 is 0 Å². The van der Waals surface area contributed by atoms with Gasteiger partial charge in [-0.1, -0.05) is 29.8 Å². The van der Waals surface area contributed by atoms with E-state index in [2.05, 4.69) is 5.32 Å². The van der Waals surface area contributed by atoms with Crippen molar-refractivity contribution in [3.8, 4) is 0 Å². The predicted octanol–water partition coefficient (Wildman–Crippen LogP) is 1.77. The van der Waals surface area contributed by atoms with Gasteiger partial charge in [0.1, 0.15) is 0 Å². The maximum Gasteiger partial charge on any atom is 0.225 e. The van der Waals surface area contributed by atoms with Crippen molar-refractivity contribution in [3.63, 3.8) is 0 Å². The maximum atomic E-state index is 11.8. The van der Waals surface area contributed by atoms with Crippen LogP contribution in [0.25, 0.3) is 0 Å². The lowest BCUT2D eigenvalue weighted by Gasteiger charge is -2.14. The minimum absolute atomic E-state index is 0.0180. The number of carbonyl (C=O) groups is 1. The molecule has 17 heavy (non-hydrogen) atoms. The molecular formula is C14H19NO2. The van der Waals surface area contributed by atoms with Gasteiger partial charge in [-0.2, -0.15) is 0 Å². The van der Waals surface area contributed by atoms with Gasteiger partial charge in [0.2, 0.25) is 5.91 Å². The Balaban J connectivity index is 1.85. The lowest BCUT2D eigenvalue weighted by molar-refractivity contribution is -0.127. The summed E-state index contributed by atoms with van der Waals surface area (Å²) in [7, 11) is 0. The number of carbonyl (C=O) groups excluding carboxylic acids is 1. The molecule has 1 aliphatic rings. The van der Waals surface area contributed by atoms with Gasteiger partial charge in [-0.25, -0.2) is 0 Å². The maximum absolute atomic E-state index is 11.8. The summed E-state index contributed by atoms with van der Waals surface area (Å²) in [5.41, 5.74) is 2.31. The predicted molar refractivity (Wildman–Crippen MR) is 66.4 cm³/mol. The number of hydrogen-bond acceptors (Lipinski definition) is 2. The molecule has 0 spiro atoms. The molecule has 2 atom stereocenters. The highest BCUT2D eigenvalue weighted by Gasteiger charge is 2.30. The first-order valence-corrected chi connectivity index (χ1v) is 6.18. The van der Waals surface area contributed by atoms with Gasteiger partial charge >= 0.3 is 0 Å². The van der Waals surface area contributed by atoms with E-state index in [0.717, 1.165) is 24.8 Å². The van der Waals surface area contributed by atoms with Crippen LogP contribution in [0.15, 0.2) is 24.3 Å². The largest absolute Gasteiger partial charge is 0.392 e. The molecule has 92 valence electrons. The van der Waals surface area contributed by atoms with E-state index in [4.69, 9.17) is 0 Å². The Kier molecular flexibility index (Phi) is 3.79. The number of hydrogen-bond donors (Lipinski definition) is 2. The Morgan fingerprint density at radius 2 is 2.06 bits per heavy atom. The van der Waals surface area contributed by atoms with E-state index in [1.807, 2.05) is 31.2 Å². The van der Waals surface area contributed by atoms with Crippen LogP contribution in [0.4, 0.5) is 0 Å². The molecule has 2 N–H and O–H groups in total. The number of rotatable bonds is 3. The Morgan fingerprint density at radius 3 is 2.65 bits per heavy atom. The standard InChI is InChI=1S/C14H19NO2/c1-10-5-7-11(8-6-10)9-15-14(17)12-3-2-4-13(12)16/h5-8,12-13,16H,2-4,9H2,1H3,(H,15,17). The molecule has 0 bridgehead atoms. The van der Waals surface area contributed by atoms with Crippen molar-refractivity contribution in [1.29, 1.82) is 0 Å². The molecule has 1 aromatic carbocycles. The zero-order chi connectivity index (χ0) is 12.3. The zero-order valence-corrected chi connectivity index (χ0v) is 10.1. The Hall–Kier alpha value is -1.35. The van der Waals surface area contributed by atoms with Gasteiger partial charge in [-0.05, 0) is 31.7 Å². The van der Waals surface area contributed by atoms with E-state index in [1.165, 1.54) is 5.56 Å². The third-order valence-corrected chi connectivity index (χ3v) is 3.40. The molecule has 0 radical (unpaired) electrons. The fraction of sp³-hybridized carbons (Fsp3) is 0.500. The highest BCUT2D eigenvalue weighted by atomic mass is 16.3. The molecule has 1 aromatic rings. The number of amides is 1. The summed E-state index contributed by atoms with van der Waals surface area (Å²) in [6.45, 7) is 2.58. The van der Waals surface area contributed by atoms with Gasteiger partial charge in [0, 0.05) is 6.54 Å². The first-order chi connectivity index (χ1) is 8.16. The molecule has 0 saturated heterocycles. The van der Waals surface area contributed by atoms with Crippen LogP contribution in [0.1, 0.15) is 30.4 Å². The van der Waals surface area contributed by atoms with Crippen molar-refractivity contribution in [1.82, 2.24) is 5.32 Å². The minimum atomic E-state index is -0.451. The first-order valence-electron chi connectivity index (χ1n) is 6.18. The Bertz CT molecular complexity index is 386. The van der Waals surface area contributed by atoms with Crippen LogP contribution in [0, 0.1) is 12.8 Å². The van der Waals surface area contributed by atoms with E-state index >= 15 is 0 Å². The lowest BCUT2D eigenvalue weighted by Crippen LogP contribution is -2.34. The number of benzene rings is 1. The molecule has 1 fully saturated rings. The number of aliphatic hydroxyl groups excluding tert-OH is 1. The van der Waals surface area contributed by atoms with Crippen molar-refractivity contribution in [3.05, 3.63) is 35.4 Å².